The Bertz CT molecular complexity index is 1580. The summed E-state index contributed by atoms with van der Waals surface area (Å²) in [4.78, 5) is 17.8. The molecule has 0 unspecified atom stereocenters. The molecule has 45 heavy (non-hydrogen) atoms. The fourth-order valence-electron chi connectivity index (χ4n) is 4.73. The Kier molecular flexibility index (Phi) is 13.4. The number of allylic oxidation sites excluding steroid dienone is 1. The van der Waals surface area contributed by atoms with Crippen LogP contribution in [0.3, 0.4) is 0 Å². The maximum atomic E-state index is 12.9. The fraction of sp³-hybridized carbons (Fsp3) is 0.333. The molecule has 1 heterocycles. The van der Waals surface area contributed by atoms with Crippen molar-refractivity contribution in [3.8, 4) is 22.6 Å². The number of aryl methyl sites for hydroxylation is 1. The molecule has 1 atom stereocenters. The first kappa shape index (κ1) is 34.2. The van der Waals surface area contributed by atoms with E-state index >= 15 is 0 Å². The Balaban J connectivity index is 1.37. The summed E-state index contributed by atoms with van der Waals surface area (Å²) < 4.78 is 31.9. The Labute approximate surface area is 273 Å². The Morgan fingerprint density at radius 2 is 1.78 bits per heavy atom. The van der Waals surface area contributed by atoms with Crippen LogP contribution in [0.5, 0.6) is 11.5 Å². The Morgan fingerprint density at radius 1 is 1.00 bits per heavy atom. The van der Waals surface area contributed by atoms with Gasteiger partial charge in [-0.3, -0.25) is 9.00 Å². The van der Waals surface area contributed by atoms with Gasteiger partial charge in [-0.25, -0.2) is 4.98 Å². The smallest absolute Gasteiger partial charge is 0.160 e. The van der Waals surface area contributed by atoms with E-state index in [1.165, 1.54) is 0 Å². The van der Waals surface area contributed by atoms with Crippen LogP contribution in [0.15, 0.2) is 84.2 Å². The highest BCUT2D eigenvalue weighted by molar-refractivity contribution is 7.84. The largest absolute Gasteiger partial charge is 0.496 e. The van der Waals surface area contributed by atoms with E-state index in [9.17, 15) is 9.00 Å². The molecule has 0 N–H and O–H groups in total. The van der Waals surface area contributed by atoms with Crippen LogP contribution < -0.4 is 9.47 Å². The number of halogens is 1. The van der Waals surface area contributed by atoms with Gasteiger partial charge in [0.2, 0.25) is 0 Å². The molecule has 4 rings (SSSR count). The van der Waals surface area contributed by atoms with Gasteiger partial charge in [0.1, 0.15) is 18.1 Å². The highest BCUT2D eigenvalue weighted by Gasteiger charge is 2.12. The number of aromatic nitrogens is 2. The van der Waals surface area contributed by atoms with Crippen LogP contribution >= 0.6 is 11.6 Å². The first-order valence-electron chi connectivity index (χ1n) is 15.3. The minimum Gasteiger partial charge on any atom is -0.496 e. The molecule has 7 nitrogen and oxygen atoms in total. The SMILES string of the molecule is CCCCOCCOc1ccc(-c2cc(/C=C/C(=O)Cc3ccc([S@](=O)Cc4cncn4CCC)cc3)c(OC)cc2Cl)cc1. The zero-order chi connectivity index (χ0) is 32.0. The molecule has 4 aromatic rings. The highest BCUT2D eigenvalue weighted by Crippen LogP contribution is 2.35. The maximum absolute atomic E-state index is 12.9. The highest BCUT2D eigenvalue weighted by atomic mass is 35.5. The number of methoxy groups -OCH3 is 1. The second kappa shape index (κ2) is 17.7. The van der Waals surface area contributed by atoms with Gasteiger partial charge in [0, 0.05) is 41.8 Å². The molecule has 3 aromatic carbocycles. The molecule has 238 valence electrons. The minimum atomic E-state index is -1.20. The predicted octanol–water partition coefficient (Wildman–Crippen LogP) is 7.95. The number of rotatable bonds is 18. The predicted molar refractivity (Wildman–Crippen MR) is 181 cm³/mol. The molecule has 0 radical (unpaired) electrons. The number of nitrogens with zero attached hydrogens (tertiary/aromatic N) is 2. The van der Waals surface area contributed by atoms with E-state index in [1.807, 2.05) is 59.2 Å². The first-order chi connectivity index (χ1) is 21.9. The van der Waals surface area contributed by atoms with Gasteiger partial charge in [-0.15, -0.1) is 0 Å². The van der Waals surface area contributed by atoms with Gasteiger partial charge in [-0.1, -0.05) is 56.1 Å². The van der Waals surface area contributed by atoms with Crippen LogP contribution in [0.2, 0.25) is 5.02 Å². The van der Waals surface area contributed by atoms with Crippen molar-refractivity contribution >= 4 is 34.3 Å². The average molecular weight is 649 g/mol. The zero-order valence-corrected chi connectivity index (χ0v) is 27.7. The van der Waals surface area contributed by atoms with Crippen molar-refractivity contribution in [1.82, 2.24) is 9.55 Å². The lowest BCUT2D eigenvalue weighted by Gasteiger charge is -2.12. The Hall–Kier alpha value is -3.72. The van der Waals surface area contributed by atoms with Crippen molar-refractivity contribution < 1.29 is 23.2 Å². The van der Waals surface area contributed by atoms with Crippen molar-refractivity contribution in [2.45, 2.75) is 56.7 Å². The summed E-state index contributed by atoms with van der Waals surface area (Å²) in [5.41, 5.74) is 4.27. The first-order valence-corrected chi connectivity index (χ1v) is 17.0. The Morgan fingerprint density at radius 3 is 2.49 bits per heavy atom. The number of benzene rings is 3. The number of hydrogen-bond donors (Lipinski definition) is 0. The summed E-state index contributed by atoms with van der Waals surface area (Å²) >= 11 is 6.62. The van der Waals surface area contributed by atoms with E-state index in [2.05, 4.69) is 18.8 Å². The average Bonchev–Trinajstić information content (AvgIpc) is 3.49. The summed E-state index contributed by atoms with van der Waals surface area (Å²) in [5.74, 6) is 1.67. The molecule has 0 fully saturated rings. The second-order valence-corrected chi connectivity index (χ2v) is 12.5. The number of carbonyl (C=O) groups is 1. The van der Waals surface area contributed by atoms with Crippen LogP contribution in [0.25, 0.3) is 17.2 Å². The molecule has 0 aliphatic rings. The van der Waals surface area contributed by atoms with Gasteiger partial charge < -0.3 is 18.8 Å². The van der Waals surface area contributed by atoms with Crippen molar-refractivity contribution in [3.63, 3.8) is 0 Å². The number of carbonyl (C=O) groups excluding carboxylic acids is 1. The molecular weight excluding hydrogens is 608 g/mol. The molecule has 0 saturated heterocycles. The van der Waals surface area contributed by atoms with Crippen LogP contribution in [0, 0.1) is 0 Å². The molecule has 0 aliphatic heterocycles. The number of imidazole rings is 1. The normalized spacial score (nSPS) is 12.0. The van der Waals surface area contributed by atoms with Gasteiger partial charge in [-0.2, -0.15) is 0 Å². The van der Waals surface area contributed by atoms with Gasteiger partial charge in [0.25, 0.3) is 0 Å². The van der Waals surface area contributed by atoms with Gasteiger partial charge in [0.15, 0.2) is 5.78 Å². The summed E-state index contributed by atoms with van der Waals surface area (Å²) in [6.45, 7) is 6.88. The number of unbranched alkanes of at least 4 members (excludes halogenated alkanes) is 1. The van der Waals surface area contributed by atoms with E-state index in [1.54, 1.807) is 37.9 Å². The molecule has 1 aromatic heterocycles. The summed E-state index contributed by atoms with van der Waals surface area (Å²) in [6, 6.07) is 18.8. The van der Waals surface area contributed by atoms with Crippen molar-refractivity contribution in [3.05, 3.63) is 101 Å². The summed E-state index contributed by atoms with van der Waals surface area (Å²) in [5, 5.41) is 0.542. The lowest BCUT2D eigenvalue weighted by Crippen LogP contribution is -2.07. The molecule has 0 amide bonds. The topological polar surface area (TPSA) is 79.7 Å². The third-order valence-corrected chi connectivity index (χ3v) is 8.85. The van der Waals surface area contributed by atoms with Crippen LogP contribution in [-0.4, -0.2) is 46.5 Å². The van der Waals surface area contributed by atoms with E-state index < -0.39 is 10.8 Å². The number of ketones is 1. The zero-order valence-electron chi connectivity index (χ0n) is 26.2. The van der Waals surface area contributed by atoms with Crippen LogP contribution in [0.4, 0.5) is 0 Å². The van der Waals surface area contributed by atoms with Crippen LogP contribution in [-0.2, 0) is 39.0 Å². The molecular formula is C36H41ClN2O5S. The lowest BCUT2D eigenvalue weighted by molar-refractivity contribution is -0.113. The summed E-state index contributed by atoms with van der Waals surface area (Å²) in [6.07, 6.45) is 10.2. The quantitative estimate of drug-likeness (QED) is 0.0805. The number of ether oxygens (including phenoxy) is 3. The van der Waals surface area contributed by atoms with Gasteiger partial charge >= 0.3 is 0 Å². The minimum absolute atomic E-state index is 0.0638. The third-order valence-electron chi connectivity index (χ3n) is 7.18. The fourth-order valence-corrected chi connectivity index (χ4v) is 6.11. The standard InChI is InChI=1S/C36H41ClN2O5S/c1-4-6-18-43-19-20-44-32-13-10-28(11-14-32)34-22-29(36(42-3)23-35(34)37)9-12-31(40)21-27-7-15-33(16-8-27)45(41)25-30-24-38-26-39(30)17-5-2/h7-16,22-24,26H,4-6,17-21,25H2,1-3H3/b12-9+/t45-/m1/s1. The van der Waals surface area contributed by atoms with Crippen molar-refractivity contribution in [2.75, 3.05) is 26.9 Å². The number of hydrogen-bond acceptors (Lipinski definition) is 6. The molecule has 0 aliphatic carbocycles. The van der Waals surface area contributed by atoms with E-state index in [0.717, 1.165) is 71.0 Å². The van der Waals surface area contributed by atoms with E-state index in [-0.39, 0.29) is 12.2 Å². The summed E-state index contributed by atoms with van der Waals surface area (Å²) in [7, 11) is 0.374. The van der Waals surface area contributed by atoms with Crippen molar-refractivity contribution in [1.29, 1.82) is 0 Å². The van der Waals surface area contributed by atoms with Gasteiger partial charge in [0.05, 0.1) is 47.3 Å². The molecule has 0 bridgehead atoms. The van der Waals surface area contributed by atoms with Gasteiger partial charge in [-0.05, 0) is 72.5 Å². The maximum Gasteiger partial charge on any atom is 0.160 e. The monoisotopic (exact) mass is 648 g/mol. The molecule has 0 saturated carbocycles. The molecule has 0 spiro atoms. The second-order valence-electron chi connectivity index (χ2n) is 10.6. The van der Waals surface area contributed by atoms with Crippen LogP contribution in [0.1, 0.15) is 49.9 Å². The van der Waals surface area contributed by atoms with E-state index in [4.69, 9.17) is 25.8 Å². The van der Waals surface area contributed by atoms with E-state index in [0.29, 0.717) is 29.7 Å². The lowest BCUT2D eigenvalue weighted by atomic mass is 10.0. The van der Waals surface area contributed by atoms with Crippen molar-refractivity contribution in [2.24, 2.45) is 0 Å². The molecule has 9 heteroatoms. The third kappa shape index (κ3) is 10.1.